The molecule has 0 saturated carbocycles. The molecule has 0 spiro atoms. The van der Waals surface area contributed by atoms with Crippen molar-refractivity contribution in [3.05, 3.63) is 0 Å². The Labute approximate surface area is 48.9 Å². The van der Waals surface area contributed by atoms with Gasteiger partial charge in [0.25, 0.3) is 0 Å². The first-order valence-electron chi connectivity index (χ1n) is 3.12. The van der Waals surface area contributed by atoms with Crippen LogP contribution in [0.25, 0.3) is 0 Å². The van der Waals surface area contributed by atoms with E-state index in [-0.39, 0.29) is 0 Å². The van der Waals surface area contributed by atoms with Gasteiger partial charge in [-0.25, -0.2) is 0 Å². The van der Waals surface area contributed by atoms with Crippen LogP contribution in [0.4, 0.5) is 0 Å². The van der Waals surface area contributed by atoms with Crippen molar-refractivity contribution in [1.82, 2.24) is 5.32 Å². The Morgan fingerprint density at radius 3 is 2.71 bits per heavy atom. The van der Waals surface area contributed by atoms with Crippen molar-refractivity contribution in [3.63, 3.8) is 0 Å². The standard InChI is InChI=1S/C5H15NSi/c1-2-6-4-3-5-7/h6H,2-5H2,1,7H3. The molecule has 0 unspecified atom stereocenters. The zero-order valence-electron chi connectivity index (χ0n) is 5.33. The number of rotatable bonds is 4. The molecule has 0 aromatic rings. The van der Waals surface area contributed by atoms with Crippen LogP contribution in [0.3, 0.4) is 0 Å². The Bertz CT molecular complexity index is 27.3. The Balaban J connectivity index is 2.45. The molecule has 0 saturated heterocycles. The molecule has 1 N–H and O–H groups in total. The highest BCUT2D eigenvalue weighted by Gasteiger charge is 1.77. The Kier molecular flexibility index (Phi) is 6.33. The highest BCUT2D eigenvalue weighted by atomic mass is 28.1. The quantitative estimate of drug-likeness (QED) is 0.396. The molecule has 0 atom stereocenters. The molecule has 0 amide bonds. The molecule has 0 aromatic carbocycles. The van der Waals surface area contributed by atoms with Gasteiger partial charge in [0.2, 0.25) is 0 Å². The summed E-state index contributed by atoms with van der Waals surface area (Å²) in [7, 11) is 1.37. The van der Waals surface area contributed by atoms with E-state index in [4.69, 9.17) is 0 Å². The molecular formula is C5H15NSi. The summed E-state index contributed by atoms with van der Waals surface area (Å²) in [5, 5.41) is 3.27. The molecular weight excluding hydrogens is 102 g/mol. The van der Waals surface area contributed by atoms with Gasteiger partial charge in [-0.15, -0.1) is 0 Å². The van der Waals surface area contributed by atoms with Gasteiger partial charge in [-0.2, -0.15) is 0 Å². The molecule has 0 fully saturated rings. The predicted octanol–water partition coefficient (Wildman–Crippen LogP) is -0.230. The van der Waals surface area contributed by atoms with Crippen molar-refractivity contribution in [2.75, 3.05) is 13.1 Å². The van der Waals surface area contributed by atoms with Crippen LogP contribution >= 0.6 is 0 Å². The maximum Gasteiger partial charge on any atom is 0.00286 e. The SMILES string of the molecule is CCNCCC[SiH3]. The van der Waals surface area contributed by atoms with Gasteiger partial charge in [-0.1, -0.05) is 13.0 Å². The van der Waals surface area contributed by atoms with E-state index < -0.39 is 0 Å². The van der Waals surface area contributed by atoms with E-state index in [1.165, 1.54) is 29.3 Å². The fraction of sp³-hybridized carbons (Fsp3) is 1.00. The lowest BCUT2D eigenvalue weighted by Crippen LogP contribution is -2.13. The van der Waals surface area contributed by atoms with Gasteiger partial charge in [0.1, 0.15) is 0 Å². The summed E-state index contributed by atoms with van der Waals surface area (Å²) < 4.78 is 0. The molecule has 0 aliphatic carbocycles. The fourth-order valence-electron chi connectivity index (χ4n) is 0.479. The van der Waals surface area contributed by atoms with Crippen LogP contribution in [0.15, 0.2) is 0 Å². The first kappa shape index (κ1) is 7.18. The van der Waals surface area contributed by atoms with Crippen LogP contribution in [0.5, 0.6) is 0 Å². The van der Waals surface area contributed by atoms with E-state index in [1.54, 1.807) is 0 Å². The molecule has 2 heteroatoms. The van der Waals surface area contributed by atoms with Crippen molar-refractivity contribution < 1.29 is 0 Å². The predicted molar refractivity (Wildman–Crippen MR) is 37.9 cm³/mol. The maximum atomic E-state index is 3.27. The van der Waals surface area contributed by atoms with Crippen LogP contribution in [0.1, 0.15) is 13.3 Å². The van der Waals surface area contributed by atoms with E-state index in [9.17, 15) is 0 Å². The third kappa shape index (κ3) is 6.18. The molecule has 0 rings (SSSR count). The zero-order valence-corrected chi connectivity index (χ0v) is 7.33. The Morgan fingerprint density at radius 1 is 1.57 bits per heavy atom. The van der Waals surface area contributed by atoms with Gasteiger partial charge in [0, 0.05) is 10.2 Å². The molecule has 0 heterocycles. The summed E-state index contributed by atoms with van der Waals surface area (Å²) in [5.41, 5.74) is 0. The summed E-state index contributed by atoms with van der Waals surface area (Å²) in [4.78, 5) is 0. The lowest BCUT2D eigenvalue weighted by atomic mass is 10.5. The van der Waals surface area contributed by atoms with Gasteiger partial charge < -0.3 is 5.32 Å². The average molecular weight is 117 g/mol. The van der Waals surface area contributed by atoms with Crippen LogP contribution in [-0.2, 0) is 0 Å². The fourth-order valence-corrected chi connectivity index (χ4v) is 0.832. The first-order chi connectivity index (χ1) is 3.41. The van der Waals surface area contributed by atoms with E-state index in [2.05, 4.69) is 12.2 Å². The Hall–Kier alpha value is 0.177. The van der Waals surface area contributed by atoms with E-state index >= 15 is 0 Å². The highest BCUT2D eigenvalue weighted by Crippen LogP contribution is 1.77. The van der Waals surface area contributed by atoms with E-state index in [1.807, 2.05) is 0 Å². The van der Waals surface area contributed by atoms with E-state index in [0.717, 1.165) is 6.54 Å². The molecule has 0 aliphatic heterocycles. The first-order valence-corrected chi connectivity index (χ1v) is 4.54. The van der Waals surface area contributed by atoms with Crippen LogP contribution in [0.2, 0.25) is 6.04 Å². The normalized spacial score (nSPS) is 9.86. The lowest BCUT2D eigenvalue weighted by Gasteiger charge is -1.95. The average Bonchev–Trinajstić information content (AvgIpc) is 1.69. The number of nitrogens with one attached hydrogen (secondary N) is 1. The Morgan fingerprint density at radius 2 is 2.29 bits per heavy atom. The summed E-state index contributed by atoms with van der Waals surface area (Å²) in [5.74, 6) is 0. The molecule has 1 nitrogen and oxygen atoms in total. The monoisotopic (exact) mass is 117 g/mol. The minimum Gasteiger partial charge on any atom is -0.317 e. The van der Waals surface area contributed by atoms with Crippen molar-refractivity contribution >= 4 is 10.2 Å². The third-order valence-corrected chi connectivity index (χ3v) is 1.66. The second-order valence-corrected chi connectivity index (χ2v) is 2.71. The summed E-state index contributed by atoms with van der Waals surface area (Å²) >= 11 is 0. The van der Waals surface area contributed by atoms with Gasteiger partial charge in [-0.05, 0) is 19.5 Å². The zero-order chi connectivity index (χ0) is 5.54. The highest BCUT2D eigenvalue weighted by molar-refractivity contribution is 6.08. The summed E-state index contributed by atoms with van der Waals surface area (Å²) in [6.07, 6.45) is 1.38. The minimum atomic E-state index is 1.13. The number of hydrogen-bond donors (Lipinski definition) is 1. The van der Waals surface area contributed by atoms with Gasteiger partial charge >= 0.3 is 0 Å². The minimum absolute atomic E-state index is 1.13. The third-order valence-electron chi connectivity index (χ3n) is 0.957. The second-order valence-electron chi connectivity index (χ2n) is 1.71. The van der Waals surface area contributed by atoms with Gasteiger partial charge in [0.05, 0.1) is 0 Å². The van der Waals surface area contributed by atoms with Gasteiger partial charge in [0.15, 0.2) is 0 Å². The van der Waals surface area contributed by atoms with Crippen molar-refractivity contribution in [1.29, 1.82) is 0 Å². The van der Waals surface area contributed by atoms with E-state index in [0.29, 0.717) is 0 Å². The largest absolute Gasteiger partial charge is 0.317 e. The molecule has 7 heavy (non-hydrogen) atoms. The molecule has 0 aliphatic rings. The summed E-state index contributed by atoms with van der Waals surface area (Å²) in [6, 6.07) is 1.44. The topological polar surface area (TPSA) is 12.0 Å². The smallest absolute Gasteiger partial charge is 0.00286 e. The van der Waals surface area contributed by atoms with Gasteiger partial charge in [-0.3, -0.25) is 0 Å². The van der Waals surface area contributed by atoms with Crippen molar-refractivity contribution in [2.24, 2.45) is 0 Å². The molecule has 0 bridgehead atoms. The maximum absolute atomic E-state index is 3.27. The molecule has 0 radical (unpaired) electrons. The van der Waals surface area contributed by atoms with Crippen molar-refractivity contribution in [2.45, 2.75) is 19.4 Å². The van der Waals surface area contributed by atoms with Crippen LogP contribution in [-0.4, -0.2) is 23.3 Å². The van der Waals surface area contributed by atoms with Crippen LogP contribution in [0, 0.1) is 0 Å². The lowest BCUT2D eigenvalue weighted by molar-refractivity contribution is 0.703. The van der Waals surface area contributed by atoms with Crippen LogP contribution < -0.4 is 5.32 Å². The summed E-state index contributed by atoms with van der Waals surface area (Å²) in [6.45, 7) is 4.49. The number of hydrogen-bond acceptors (Lipinski definition) is 1. The molecule has 44 valence electrons. The second kappa shape index (κ2) is 6.18. The molecule has 0 aromatic heterocycles. The van der Waals surface area contributed by atoms with Crippen molar-refractivity contribution in [3.8, 4) is 0 Å².